The van der Waals surface area contributed by atoms with Crippen molar-refractivity contribution in [1.29, 1.82) is 0 Å². The summed E-state index contributed by atoms with van der Waals surface area (Å²) in [4.78, 5) is 31.5. The van der Waals surface area contributed by atoms with E-state index in [1.54, 1.807) is 11.3 Å². The van der Waals surface area contributed by atoms with E-state index in [4.69, 9.17) is 4.74 Å². The van der Waals surface area contributed by atoms with Crippen molar-refractivity contribution in [3.63, 3.8) is 0 Å². The molecule has 0 bridgehead atoms. The van der Waals surface area contributed by atoms with Crippen LogP contribution < -0.4 is 5.32 Å². The van der Waals surface area contributed by atoms with Gasteiger partial charge in [-0.25, -0.2) is 9.78 Å². The van der Waals surface area contributed by atoms with Crippen LogP contribution in [0.4, 0.5) is 5.00 Å². The fourth-order valence-electron chi connectivity index (χ4n) is 3.87. The van der Waals surface area contributed by atoms with Gasteiger partial charge in [-0.15, -0.1) is 11.3 Å². The van der Waals surface area contributed by atoms with Gasteiger partial charge < -0.3 is 10.1 Å². The maximum absolute atomic E-state index is 13.3. The van der Waals surface area contributed by atoms with Crippen LogP contribution in [-0.2, 0) is 4.74 Å². The van der Waals surface area contributed by atoms with Crippen LogP contribution in [0.1, 0.15) is 48.1 Å². The highest BCUT2D eigenvalue weighted by molar-refractivity contribution is 7.17. The Morgan fingerprint density at radius 2 is 1.78 bits per heavy atom. The summed E-state index contributed by atoms with van der Waals surface area (Å²) in [6.45, 7) is 9.82. The number of nitrogens with zero attached hydrogens (tertiary/aromatic N) is 2. The Labute approximate surface area is 190 Å². The fraction of sp³-hybridized carbons (Fsp3) is 0.240. The number of esters is 1. The molecule has 0 saturated carbocycles. The number of methoxy groups -OCH3 is 1. The second kappa shape index (κ2) is 8.24. The summed E-state index contributed by atoms with van der Waals surface area (Å²) in [6, 6.07) is 9.94. The second-order valence-electron chi connectivity index (χ2n) is 7.96. The number of hydrogen-bond acceptors (Lipinski definition) is 5. The molecule has 0 spiro atoms. The van der Waals surface area contributed by atoms with Crippen molar-refractivity contribution in [1.82, 2.24) is 9.38 Å². The molecule has 1 aromatic carbocycles. The van der Waals surface area contributed by atoms with Crippen LogP contribution in [0.25, 0.3) is 16.8 Å². The van der Waals surface area contributed by atoms with E-state index in [0.717, 1.165) is 27.1 Å². The minimum atomic E-state index is -0.483. The summed E-state index contributed by atoms with van der Waals surface area (Å²) in [5.74, 6) is -0.805. The van der Waals surface area contributed by atoms with E-state index in [1.807, 2.05) is 58.2 Å². The Morgan fingerprint density at radius 1 is 1.03 bits per heavy atom. The molecule has 0 aliphatic heterocycles. The maximum Gasteiger partial charge on any atom is 0.341 e. The second-order valence-corrected chi connectivity index (χ2v) is 9.18. The summed E-state index contributed by atoms with van der Waals surface area (Å²) >= 11 is 1.37. The Bertz CT molecular complexity index is 1380. The number of hydrogen-bond donors (Lipinski definition) is 1. The largest absolute Gasteiger partial charge is 0.465 e. The van der Waals surface area contributed by atoms with Crippen molar-refractivity contribution in [3.05, 3.63) is 75.0 Å². The van der Waals surface area contributed by atoms with E-state index in [2.05, 4.69) is 16.4 Å². The van der Waals surface area contributed by atoms with Gasteiger partial charge in [0.1, 0.15) is 21.9 Å². The number of rotatable bonds is 4. The summed E-state index contributed by atoms with van der Waals surface area (Å²) in [7, 11) is 1.35. The van der Waals surface area contributed by atoms with Crippen LogP contribution in [0.3, 0.4) is 0 Å². The van der Waals surface area contributed by atoms with E-state index in [-0.39, 0.29) is 5.91 Å². The molecule has 0 aliphatic rings. The first-order chi connectivity index (χ1) is 15.2. The summed E-state index contributed by atoms with van der Waals surface area (Å²) in [5.41, 5.74) is 7.21. The van der Waals surface area contributed by atoms with Crippen molar-refractivity contribution >= 4 is 33.9 Å². The number of anilines is 1. The van der Waals surface area contributed by atoms with E-state index >= 15 is 0 Å². The molecule has 0 saturated heterocycles. The highest BCUT2D eigenvalue weighted by Crippen LogP contribution is 2.41. The third-order valence-corrected chi connectivity index (χ3v) is 6.69. The summed E-state index contributed by atoms with van der Waals surface area (Å²) in [5, 5.41) is 3.42. The monoisotopic (exact) mass is 447 g/mol. The molecule has 0 radical (unpaired) electrons. The quantitative estimate of drug-likeness (QED) is 0.411. The molecule has 164 valence electrons. The summed E-state index contributed by atoms with van der Waals surface area (Å²) in [6.07, 6.45) is 1.83. The average molecular weight is 448 g/mol. The van der Waals surface area contributed by atoms with Crippen LogP contribution in [0.15, 0.2) is 36.5 Å². The van der Waals surface area contributed by atoms with Crippen molar-refractivity contribution in [2.24, 2.45) is 0 Å². The van der Waals surface area contributed by atoms with Gasteiger partial charge in [-0.3, -0.25) is 9.20 Å². The van der Waals surface area contributed by atoms with Gasteiger partial charge >= 0.3 is 5.97 Å². The molecule has 0 unspecified atom stereocenters. The third-order valence-electron chi connectivity index (χ3n) is 5.67. The topological polar surface area (TPSA) is 72.7 Å². The first-order valence-electron chi connectivity index (χ1n) is 10.3. The van der Waals surface area contributed by atoms with Crippen LogP contribution in [-0.4, -0.2) is 28.4 Å². The van der Waals surface area contributed by atoms with Gasteiger partial charge in [0.2, 0.25) is 0 Å². The highest BCUT2D eigenvalue weighted by atomic mass is 32.1. The van der Waals surface area contributed by atoms with Crippen LogP contribution in [0.5, 0.6) is 0 Å². The lowest BCUT2D eigenvalue weighted by Gasteiger charge is -2.10. The van der Waals surface area contributed by atoms with Crippen LogP contribution in [0, 0.1) is 34.6 Å². The molecule has 3 aromatic heterocycles. The van der Waals surface area contributed by atoms with E-state index in [0.29, 0.717) is 27.6 Å². The number of aryl methyl sites for hydroxylation is 5. The van der Waals surface area contributed by atoms with Crippen molar-refractivity contribution in [2.45, 2.75) is 34.6 Å². The zero-order chi connectivity index (χ0) is 23.2. The molecule has 0 aliphatic carbocycles. The number of carbonyl (C=O) groups is 2. The molecule has 7 heteroatoms. The molecule has 0 atom stereocenters. The standard InChI is InChI=1S/C25H25N3O3S/c1-13-9-10-28-19(11-13)26-16(4)22(28)23(29)27-24-21(25(30)31-6)20(17(5)32-24)18-8-7-14(2)15(3)12-18/h7-12H,1-6H3,(H,27,29). The number of carbonyl (C=O) groups excluding carboxylic acids is 2. The van der Waals surface area contributed by atoms with Gasteiger partial charge in [0, 0.05) is 16.6 Å². The number of amides is 1. The Kier molecular flexibility index (Phi) is 5.60. The number of pyridine rings is 1. The Morgan fingerprint density at radius 3 is 2.47 bits per heavy atom. The van der Waals surface area contributed by atoms with Crippen LogP contribution >= 0.6 is 11.3 Å². The van der Waals surface area contributed by atoms with Gasteiger partial charge in [-0.1, -0.05) is 18.2 Å². The molecular formula is C25H25N3O3S. The molecule has 4 aromatic rings. The molecular weight excluding hydrogens is 422 g/mol. The average Bonchev–Trinajstić information content (AvgIpc) is 3.24. The molecule has 4 rings (SSSR count). The number of ether oxygens (including phenoxy) is 1. The highest BCUT2D eigenvalue weighted by Gasteiger charge is 2.27. The molecule has 6 nitrogen and oxygen atoms in total. The molecule has 3 heterocycles. The van der Waals surface area contributed by atoms with E-state index in [1.165, 1.54) is 24.0 Å². The summed E-state index contributed by atoms with van der Waals surface area (Å²) < 4.78 is 6.85. The Balaban J connectivity index is 1.81. The first-order valence-corrected chi connectivity index (χ1v) is 11.1. The van der Waals surface area contributed by atoms with Crippen molar-refractivity contribution in [3.8, 4) is 11.1 Å². The Hall–Kier alpha value is -3.45. The number of aromatic nitrogens is 2. The van der Waals surface area contributed by atoms with Gasteiger partial charge in [0.05, 0.1) is 12.8 Å². The lowest BCUT2D eigenvalue weighted by atomic mass is 9.97. The van der Waals surface area contributed by atoms with E-state index < -0.39 is 5.97 Å². The van der Waals surface area contributed by atoms with Gasteiger partial charge in [-0.2, -0.15) is 0 Å². The zero-order valence-electron chi connectivity index (χ0n) is 19.0. The predicted octanol–water partition coefficient (Wildman–Crippen LogP) is 5.64. The van der Waals surface area contributed by atoms with Gasteiger partial charge in [0.15, 0.2) is 0 Å². The minimum absolute atomic E-state index is 0.322. The van der Waals surface area contributed by atoms with Crippen LogP contribution in [0.2, 0.25) is 0 Å². The smallest absolute Gasteiger partial charge is 0.341 e. The number of benzene rings is 1. The number of nitrogens with one attached hydrogen (secondary N) is 1. The number of thiophene rings is 1. The zero-order valence-corrected chi connectivity index (χ0v) is 19.8. The third kappa shape index (κ3) is 3.69. The SMILES string of the molecule is COC(=O)c1c(NC(=O)c2c(C)nc3cc(C)ccn23)sc(C)c1-c1ccc(C)c(C)c1. The van der Waals surface area contributed by atoms with Gasteiger partial charge in [-0.05, 0) is 69.0 Å². The molecule has 1 N–H and O–H groups in total. The van der Waals surface area contributed by atoms with Crippen molar-refractivity contribution in [2.75, 3.05) is 12.4 Å². The fourth-order valence-corrected chi connectivity index (χ4v) is 4.93. The van der Waals surface area contributed by atoms with Crippen molar-refractivity contribution < 1.29 is 14.3 Å². The minimum Gasteiger partial charge on any atom is -0.465 e. The van der Waals surface area contributed by atoms with E-state index in [9.17, 15) is 9.59 Å². The lowest BCUT2D eigenvalue weighted by Crippen LogP contribution is -2.17. The number of fused-ring (bicyclic) bond motifs is 1. The molecule has 32 heavy (non-hydrogen) atoms. The maximum atomic E-state index is 13.3. The lowest BCUT2D eigenvalue weighted by molar-refractivity contribution is 0.0603. The number of imidazole rings is 1. The molecule has 0 fully saturated rings. The first kappa shape index (κ1) is 21.8. The normalized spacial score (nSPS) is 11.1. The van der Waals surface area contributed by atoms with Gasteiger partial charge in [0.25, 0.3) is 5.91 Å². The predicted molar refractivity (Wildman–Crippen MR) is 128 cm³/mol. The molecule has 1 amide bonds.